The number of aliphatic hydroxyl groups excluding tert-OH is 1. The van der Waals surface area contributed by atoms with Gasteiger partial charge in [0, 0.05) is 23.8 Å². The minimum atomic E-state index is 0.256. The summed E-state index contributed by atoms with van der Waals surface area (Å²) in [5, 5.41) is 12.4. The van der Waals surface area contributed by atoms with Gasteiger partial charge in [-0.2, -0.15) is 0 Å². The first-order chi connectivity index (χ1) is 8.52. The van der Waals surface area contributed by atoms with Crippen LogP contribution in [0, 0.1) is 18.8 Å². The molecule has 2 N–H and O–H groups in total. The van der Waals surface area contributed by atoms with Gasteiger partial charge < -0.3 is 10.4 Å². The van der Waals surface area contributed by atoms with E-state index in [-0.39, 0.29) is 6.61 Å². The van der Waals surface area contributed by atoms with E-state index in [1.54, 1.807) is 0 Å². The Morgan fingerprint density at radius 2 is 2.17 bits per heavy atom. The lowest BCUT2D eigenvalue weighted by molar-refractivity contribution is 0.247. The first-order valence-corrected chi connectivity index (χ1v) is 7.29. The summed E-state index contributed by atoms with van der Waals surface area (Å²) in [5.41, 5.74) is 1.18. The molecule has 0 fully saturated rings. The second kappa shape index (κ2) is 7.74. The normalized spacial score (nSPS) is 12.8. The van der Waals surface area contributed by atoms with Gasteiger partial charge in [-0.1, -0.05) is 13.8 Å². The minimum Gasteiger partial charge on any atom is -0.396 e. The largest absolute Gasteiger partial charge is 0.396 e. The van der Waals surface area contributed by atoms with Crippen LogP contribution in [0.3, 0.4) is 0 Å². The molecule has 0 bridgehead atoms. The van der Waals surface area contributed by atoms with Crippen molar-refractivity contribution in [1.82, 2.24) is 4.98 Å². The summed E-state index contributed by atoms with van der Waals surface area (Å²) in [6.07, 6.45) is 3.80. The summed E-state index contributed by atoms with van der Waals surface area (Å²) in [7, 11) is 0. The topological polar surface area (TPSA) is 45.1 Å². The van der Waals surface area contributed by atoms with Crippen LogP contribution in [0.5, 0.6) is 0 Å². The van der Waals surface area contributed by atoms with Gasteiger partial charge in [-0.05, 0) is 59.2 Å². The van der Waals surface area contributed by atoms with Crippen LogP contribution in [-0.4, -0.2) is 23.2 Å². The summed E-state index contributed by atoms with van der Waals surface area (Å²) < 4.78 is 1.03. The summed E-state index contributed by atoms with van der Waals surface area (Å²) in [6.45, 7) is 7.60. The van der Waals surface area contributed by atoms with Gasteiger partial charge in [0.25, 0.3) is 0 Å². The van der Waals surface area contributed by atoms with Crippen molar-refractivity contribution in [2.45, 2.75) is 33.6 Å². The second-order valence-corrected chi connectivity index (χ2v) is 6.06. The third kappa shape index (κ3) is 5.36. The van der Waals surface area contributed by atoms with E-state index in [4.69, 9.17) is 5.11 Å². The summed E-state index contributed by atoms with van der Waals surface area (Å²) in [6, 6.07) is 2.04. The van der Waals surface area contributed by atoms with E-state index in [1.807, 2.05) is 12.3 Å². The lowest BCUT2D eigenvalue weighted by atomic mass is 9.94. The van der Waals surface area contributed by atoms with E-state index < -0.39 is 0 Å². The summed E-state index contributed by atoms with van der Waals surface area (Å²) in [5.74, 6) is 2.06. The maximum atomic E-state index is 9.08. The number of aryl methyl sites for hydroxylation is 1. The van der Waals surface area contributed by atoms with Gasteiger partial charge in [-0.25, -0.2) is 4.98 Å². The molecule has 102 valence electrons. The van der Waals surface area contributed by atoms with Crippen LogP contribution >= 0.6 is 15.9 Å². The van der Waals surface area contributed by atoms with Crippen molar-refractivity contribution >= 4 is 21.7 Å². The van der Waals surface area contributed by atoms with Crippen LogP contribution in [0.15, 0.2) is 16.7 Å². The van der Waals surface area contributed by atoms with Crippen molar-refractivity contribution < 1.29 is 5.11 Å². The van der Waals surface area contributed by atoms with Crippen molar-refractivity contribution in [1.29, 1.82) is 0 Å². The Bertz CT molecular complexity index is 369. The highest BCUT2D eigenvalue weighted by atomic mass is 79.9. The molecule has 1 aromatic heterocycles. The first-order valence-electron chi connectivity index (χ1n) is 6.49. The van der Waals surface area contributed by atoms with Crippen LogP contribution in [-0.2, 0) is 0 Å². The molecule has 1 heterocycles. The van der Waals surface area contributed by atoms with Gasteiger partial charge in [0.2, 0.25) is 0 Å². The lowest BCUT2D eigenvalue weighted by Crippen LogP contribution is -2.18. The average Bonchev–Trinajstić information content (AvgIpc) is 2.30. The highest BCUT2D eigenvalue weighted by Crippen LogP contribution is 2.19. The van der Waals surface area contributed by atoms with Gasteiger partial charge in [-0.3, -0.25) is 0 Å². The van der Waals surface area contributed by atoms with Gasteiger partial charge in [0.1, 0.15) is 5.82 Å². The Hall–Kier alpha value is -0.610. The van der Waals surface area contributed by atoms with E-state index in [0.717, 1.165) is 29.7 Å². The first kappa shape index (κ1) is 15.4. The Labute approximate surface area is 118 Å². The predicted molar refractivity (Wildman–Crippen MR) is 79.8 cm³/mol. The summed E-state index contributed by atoms with van der Waals surface area (Å²) >= 11 is 3.44. The van der Waals surface area contributed by atoms with Crippen molar-refractivity contribution in [3.63, 3.8) is 0 Å². The second-order valence-electron chi connectivity index (χ2n) is 5.21. The SMILES string of the molecule is Cc1cc(NCC(CCO)CC(C)C)ncc1Br. The van der Waals surface area contributed by atoms with E-state index in [1.165, 1.54) is 5.56 Å². The number of aliphatic hydroxyl groups is 1. The monoisotopic (exact) mass is 314 g/mol. The zero-order valence-corrected chi connectivity index (χ0v) is 13.0. The molecular weight excluding hydrogens is 292 g/mol. The van der Waals surface area contributed by atoms with Gasteiger partial charge in [0.05, 0.1) is 0 Å². The highest BCUT2D eigenvalue weighted by Gasteiger charge is 2.10. The third-order valence-corrected chi connectivity index (χ3v) is 3.79. The molecule has 0 aliphatic heterocycles. The fraction of sp³-hybridized carbons (Fsp3) is 0.643. The number of hydrogen-bond donors (Lipinski definition) is 2. The average molecular weight is 315 g/mol. The Morgan fingerprint density at radius 3 is 2.72 bits per heavy atom. The molecule has 3 nitrogen and oxygen atoms in total. The number of pyridine rings is 1. The van der Waals surface area contributed by atoms with Gasteiger partial charge in [0.15, 0.2) is 0 Å². The number of nitrogens with zero attached hydrogens (tertiary/aromatic N) is 1. The fourth-order valence-electron chi connectivity index (χ4n) is 2.04. The van der Waals surface area contributed by atoms with E-state index >= 15 is 0 Å². The van der Waals surface area contributed by atoms with Crippen LogP contribution in [0.25, 0.3) is 0 Å². The molecule has 0 spiro atoms. The van der Waals surface area contributed by atoms with Crippen molar-refractivity contribution in [2.24, 2.45) is 11.8 Å². The van der Waals surface area contributed by atoms with Crippen LogP contribution < -0.4 is 5.32 Å². The maximum Gasteiger partial charge on any atom is 0.126 e. The maximum absolute atomic E-state index is 9.08. The third-order valence-electron chi connectivity index (χ3n) is 2.96. The van der Waals surface area contributed by atoms with Crippen molar-refractivity contribution in [2.75, 3.05) is 18.5 Å². The number of halogens is 1. The summed E-state index contributed by atoms with van der Waals surface area (Å²) in [4.78, 5) is 4.33. The highest BCUT2D eigenvalue weighted by molar-refractivity contribution is 9.10. The molecule has 18 heavy (non-hydrogen) atoms. The fourth-order valence-corrected chi connectivity index (χ4v) is 2.25. The Kier molecular flexibility index (Phi) is 6.65. The molecule has 1 rings (SSSR count). The number of nitrogens with one attached hydrogen (secondary N) is 1. The molecular formula is C14H23BrN2O. The molecule has 0 aliphatic rings. The number of hydrogen-bond acceptors (Lipinski definition) is 3. The molecule has 0 radical (unpaired) electrons. The molecule has 1 aromatic rings. The molecule has 0 amide bonds. The molecule has 1 unspecified atom stereocenters. The molecule has 0 aromatic carbocycles. The smallest absolute Gasteiger partial charge is 0.126 e. The Morgan fingerprint density at radius 1 is 1.44 bits per heavy atom. The lowest BCUT2D eigenvalue weighted by Gasteiger charge is -2.19. The molecule has 0 saturated heterocycles. The number of anilines is 1. The van der Waals surface area contributed by atoms with Crippen LogP contribution in [0.2, 0.25) is 0 Å². The minimum absolute atomic E-state index is 0.256. The van der Waals surface area contributed by atoms with Crippen LogP contribution in [0.1, 0.15) is 32.3 Å². The number of rotatable bonds is 7. The zero-order valence-electron chi connectivity index (χ0n) is 11.4. The standard InChI is InChI=1S/C14H23BrN2O/c1-10(2)6-12(4-5-18)8-16-14-7-11(3)13(15)9-17-14/h7,9-10,12,18H,4-6,8H2,1-3H3,(H,16,17). The predicted octanol–water partition coefficient (Wildman–Crippen LogP) is 3.61. The molecule has 0 aliphatic carbocycles. The Balaban J connectivity index is 2.52. The van der Waals surface area contributed by atoms with E-state index in [2.05, 4.69) is 47.0 Å². The van der Waals surface area contributed by atoms with Crippen LogP contribution in [0.4, 0.5) is 5.82 Å². The zero-order chi connectivity index (χ0) is 13.5. The van der Waals surface area contributed by atoms with Gasteiger partial charge in [-0.15, -0.1) is 0 Å². The molecule has 0 saturated carbocycles. The van der Waals surface area contributed by atoms with Gasteiger partial charge >= 0.3 is 0 Å². The van der Waals surface area contributed by atoms with E-state index in [0.29, 0.717) is 11.8 Å². The quantitative estimate of drug-likeness (QED) is 0.808. The number of aromatic nitrogens is 1. The molecule has 1 atom stereocenters. The van der Waals surface area contributed by atoms with Crippen molar-refractivity contribution in [3.8, 4) is 0 Å². The molecule has 4 heteroatoms. The van der Waals surface area contributed by atoms with E-state index in [9.17, 15) is 0 Å². The van der Waals surface area contributed by atoms with Crippen molar-refractivity contribution in [3.05, 3.63) is 22.3 Å².